The van der Waals surface area contributed by atoms with Crippen LogP contribution in [-0.2, 0) is 4.79 Å². The van der Waals surface area contributed by atoms with Crippen molar-refractivity contribution in [3.05, 3.63) is 41.1 Å². The smallest absolute Gasteiger partial charge is 0.338 e. The molecular weight excluding hydrogens is 202 g/mol. The lowest BCUT2D eigenvalue weighted by Gasteiger charge is -1.99. The zero-order chi connectivity index (χ0) is 12.1. The first-order valence-corrected chi connectivity index (χ1v) is 4.93. The Hall–Kier alpha value is -2.03. The molecule has 0 aliphatic rings. The maximum absolute atomic E-state index is 11.4. The fraction of sp³-hybridized carbons (Fsp3) is 0.154. The molecule has 0 bridgehead atoms. The highest BCUT2D eigenvalue weighted by Gasteiger charge is 2.07. The summed E-state index contributed by atoms with van der Waals surface area (Å²) in [5.41, 5.74) is 0.365. The Bertz CT molecular complexity index is 535. The average Bonchev–Trinajstić information content (AvgIpc) is 2.57. The Balaban J connectivity index is 3.12. The average molecular weight is 217 g/mol. The van der Waals surface area contributed by atoms with Gasteiger partial charge in [0, 0.05) is 22.3 Å². The molecule has 0 aliphatic carbocycles. The normalized spacial score (nSPS) is 12.0. The highest BCUT2D eigenvalue weighted by atomic mass is 16.5. The van der Waals surface area contributed by atoms with Crippen molar-refractivity contribution in [1.29, 1.82) is 0 Å². The lowest BCUT2D eigenvalue weighted by Crippen LogP contribution is -2.23. The largest absolute Gasteiger partial charge is 0.421 e. The van der Waals surface area contributed by atoms with Gasteiger partial charge in [0.1, 0.15) is 0 Å². The van der Waals surface area contributed by atoms with Crippen LogP contribution in [0, 0.1) is 0 Å². The van der Waals surface area contributed by atoms with E-state index in [1.165, 1.54) is 0 Å². The molecule has 3 nitrogen and oxygen atoms in total. The summed E-state index contributed by atoms with van der Waals surface area (Å²) in [6.07, 6.45) is 7.19. The van der Waals surface area contributed by atoms with Gasteiger partial charge in [0.2, 0.25) is 0 Å². The van der Waals surface area contributed by atoms with Crippen molar-refractivity contribution in [3.63, 3.8) is 0 Å². The van der Waals surface area contributed by atoms with Crippen molar-refractivity contribution in [1.82, 2.24) is 4.98 Å². The third kappa shape index (κ3) is 2.73. The Labute approximate surface area is 94.4 Å². The third-order valence-electron chi connectivity index (χ3n) is 1.97. The molecule has 1 aromatic rings. The van der Waals surface area contributed by atoms with Crippen LogP contribution >= 0.6 is 0 Å². The molecule has 1 N–H and O–H groups in total. The highest BCUT2D eigenvalue weighted by molar-refractivity contribution is 5.88. The van der Waals surface area contributed by atoms with Crippen molar-refractivity contribution in [2.75, 3.05) is 0 Å². The van der Waals surface area contributed by atoms with Crippen molar-refractivity contribution in [3.8, 4) is 5.75 Å². The lowest BCUT2D eigenvalue weighted by molar-refractivity contribution is -0.130. The second kappa shape index (κ2) is 5.16. The van der Waals surface area contributed by atoms with Gasteiger partial charge in [-0.1, -0.05) is 25.3 Å². The second-order valence-corrected chi connectivity index (χ2v) is 3.41. The van der Waals surface area contributed by atoms with Crippen LogP contribution in [0.1, 0.15) is 13.8 Å². The van der Waals surface area contributed by atoms with Gasteiger partial charge in [0.15, 0.2) is 5.75 Å². The van der Waals surface area contributed by atoms with E-state index in [0.29, 0.717) is 16.7 Å². The van der Waals surface area contributed by atoms with E-state index in [1.807, 2.05) is 25.2 Å². The van der Waals surface area contributed by atoms with Gasteiger partial charge < -0.3 is 9.72 Å². The van der Waals surface area contributed by atoms with Gasteiger partial charge in [0.05, 0.1) is 0 Å². The van der Waals surface area contributed by atoms with Crippen LogP contribution < -0.4 is 15.3 Å². The van der Waals surface area contributed by atoms with E-state index in [-0.39, 0.29) is 0 Å². The molecule has 16 heavy (non-hydrogen) atoms. The van der Waals surface area contributed by atoms with Crippen LogP contribution in [0.4, 0.5) is 0 Å². The Morgan fingerprint density at radius 2 is 2.25 bits per heavy atom. The molecule has 0 spiro atoms. The van der Waals surface area contributed by atoms with E-state index in [2.05, 4.69) is 18.1 Å². The van der Waals surface area contributed by atoms with Crippen molar-refractivity contribution in [2.24, 2.45) is 0 Å². The Morgan fingerprint density at radius 3 is 2.81 bits per heavy atom. The summed E-state index contributed by atoms with van der Waals surface area (Å²) in [5, 5.41) is 1.48. The first-order chi connectivity index (χ1) is 7.56. The molecule has 0 unspecified atom stereocenters. The lowest BCUT2D eigenvalue weighted by atomic mass is 10.3. The third-order valence-corrected chi connectivity index (χ3v) is 1.97. The number of aromatic nitrogens is 1. The fourth-order valence-electron chi connectivity index (χ4n) is 1.10. The van der Waals surface area contributed by atoms with Crippen molar-refractivity contribution >= 4 is 18.6 Å². The number of ether oxygens (including phenoxy) is 1. The van der Waals surface area contributed by atoms with Gasteiger partial charge in [0.25, 0.3) is 0 Å². The predicted octanol–water partition coefficient (Wildman–Crippen LogP) is 1.26. The van der Waals surface area contributed by atoms with Gasteiger partial charge in [-0.15, -0.1) is 0 Å². The monoisotopic (exact) mass is 217 g/mol. The molecule has 0 aliphatic heterocycles. The van der Waals surface area contributed by atoms with Crippen molar-refractivity contribution in [2.45, 2.75) is 13.8 Å². The topological polar surface area (TPSA) is 42.1 Å². The van der Waals surface area contributed by atoms with Gasteiger partial charge in [-0.05, 0) is 19.9 Å². The van der Waals surface area contributed by atoms with Crippen LogP contribution in [0.25, 0.3) is 12.7 Å². The minimum atomic E-state index is -0.436. The molecule has 84 valence electrons. The van der Waals surface area contributed by atoms with Gasteiger partial charge in [-0.3, -0.25) is 0 Å². The second-order valence-electron chi connectivity index (χ2n) is 3.41. The standard InChI is InChI=1S/C13H15NO2/c1-5-6-7-11-10(4)14-8-12(11)16-13(15)9(2)3/h5-8,14H,2,4H2,1,3H3/b6-5-,11-7+. The highest BCUT2D eigenvalue weighted by Crippen LogP contribution is 2.02. The summed E-state index contributed by atoms with van der Waals surface area (Å²) in [5.74, 6) is 0.0326. The summed E-state index contributed by atoms with van der Waals surface area (Å²) in [6.45, 7) is 10.9. The number of carbonyl (C=O) groups excluding carboxylic acids is 1. The quantitative estimate of drug-likeness (QED) is 0.612. The summed E-state index contributed by atoms with van der Waals surface area (Å²) in [4.78, 5) is 14.3. The van der Waals surface area contributed by atoms with Gasteiger partial charge in [-0.25, -0.2) is 4.79 Å². The number of carbonyl (C=O) groups is 1. The van der Waals surface area contributed by atoms with E-state index in [0.717, 1.165) is 5.22 Å². The molecule has 0 fully saturated rings. The number of nitrogens with one attached hydrogen (secondary N) is 1. The zero-order valence-electron chi connectivity index (χ0n) is 9.54. The molecule has 0 radical (unpaired) electrons. The molecule has 1 rings (SSSR count). The van der Waals surface area contributed by atoms with Crippen LogP contribution in [-0.4, -0.2) is 11.0 Å². The van der Waals surface area contributed by atoms with E-state index < -0.39 is 5.97 Å². The first-order valence-electron chi connectivity index (χ1n) is 4.93. The summed E-state index contributed by atoms with van der Waals surface area (Å²) < 4.78 is 5.15. The van der Waals surface area contributed by atoms with Crippen LogP contribution in [0.3, 0.4) is 0 Å². The van der Waals surface area contributed by atoms with Gasteiger partial charge >= 0.3 is 5.97 Å². The molecule has 0 amide bonds. The number of allylic oxidation sites excluding steroid dienone is 2. The number of aromatic amines is 1. The number of rotatable bonds is 3. The minimum absolute atomic E-state index is 0.365. The maximum Gasteiger partial charge on any atom is 0.338 e. The number of hydrogen-bond acceptors (Lipinski definition) is 2. The Morgan fingerprint density at radius 1 is 1.56 bits per heavy atom. The van der Waals surface area contributed by atoms with Gasteiger partial charge in [-0.2, -0.15) is 0 Å². The molecular formula is C13H15NO2. The molecule has 0 atom stereocenters. The molecule has 0 aromatic carbocycles. The predicted molar refractivity (Wildman–Crippen MR) is 65.3 cm³/mol. The van der Waals surface area contributed by atoms with Crippen LogP contribution in [0.2, 0.25) is 0 Å². The number of hydrogen-bond donors (Lipinski definition) is 1. The molecule has 0 saturated heterocycles. The van der Waals surface area contributed by atoms with Crippen molar-refractivity contribution < 1.29 is 9.53 Å². The fourth-order valence-corrected chi connectivity index (χ4v) is 1.10. The Kier molecular flexibility index (Phi) is 3.89. The van der Waals surface area contributed by atoms with E-state index in [9.17, 15) is 4.79 Å². The molecule has 1 aromatic heterocycles. The van der Waals surface area contributed by atoms with Crippen LogP contribution in [0.15, 0.2) is 30.5 Å². The van der Waals surface area contributed by atoms with E-state index in [1.54, 1.807) is 13.1 Å². The first kappa shape index (κ1) is 12.0. The molecule has 0 saturated carbocycles. The summed E-state index contributed by atoms with van der Waals surface area (Å²) in [6, 6.07) is 0. The number of H-pyrrole nitrogens is 1. The maximum atomic E-state index is 11.4. The zero-order valence-corrected chi connectivity index (χ0v) is 9.54. The summed E-state index contributed by atoms with van der Waals surface area (Å²) in [7, 11) is 0. The van der Waals surface area contributed by atoms with Crippen LogP contribution in [0.5, 0.6) is 5.75 Å². The molecule has 3 heteroatoms. The SMILES string of the molecule is C=C(C)C(=O)Oc1c[nH]c(=C)/c1=C\C=C/C. The number of esters is 1. The van der Waals surface area contributed by atoms with E-state index in [4.69, 9.17) is 4.74 Å². The molecule has 1 heterocycles. The van der Waals surface area contributed by atoms with E-state index >= 15 is 0 Å². The summed E-state index contributed by atoms with van der Waals surface area (Å²) >= 11 is 0. The minimum Gasteiger partial charge on any atom is -0.421 e.